The van der Waals surface area contributed by atoms with E-state index in [4.69, 9.17) is 16.3 Å². The van der Waals surface area contributed by atoms with Crippen molar-refractivity contribution in [2.45, 2.75) is 77.9 Å². The van der Waals surface area contributed by atoms with Crippen molar-refractivity contribution in [2.24, 2.45) is 10.8 Å². The summed E-state index contributed by atoms with van der Waals surface area (Å²) in [5.74, 6) is -1.93. The summed E-state index contributed by atoms with van der Waals surface area (Å²) in [6.45, 7) is 10.3. The number of nitrogens with zero attached hydrogens (tertiary/aromatic N) is 4. The first-order chi connectivity index (χ1) is 26.1. The molecule has 0 radical (unpaired) electrons. The highest BCUT2D eigenvalue weighted by Crippen LogP contribution is 2.55. The second kappa shape index (κ2) is 13.0. The Kier molecular flexibility index (Phi) is 8.62. The van der Waals surface area contributed by atoms with E-state index in [1.807, 2.05) is 33.8 Å². The zero-order valence-corrected chi connectivity index (χ0v) is 31.5. The first-order valence-corrected chi connectivity index (χ1v) is 18.6. The minimum atomic E-state index is -1.01. The highest BCUT2D eigenvalue weighted by Gasteiger charge is 2.64. The molecule has 3 aromatic carbocycles. The van der Waals surface area contributed by atoms with Crippen LogP contribution in [0.15, 0.2) is 54.6 Å². The predicted molar refractivity (Wildman–Crippen MR) is 198 cm³/mol. The number of nitrogens with one attached hydrogen (secondary N) is 2. The summed E-state index contributed by atoms with van der Waals surface area (Å²) >= 11 is 6.22. The molecule has 1 aliphatic carbocycles. The monoisotopic (exact) mass is 762 g/mol. The third-order valence-corrected chi connectivity index (χ3v) is 12.3. The molecule has 5 aliphatic rings. The van der Waals surface area contributed by atoms with Crippen molar-refractivity contribution in [3.05, 3.63) is 98.6 Å². The van der Waals surface area contributed by atoms with Crippen molar-refractivity contribution in [2.75, 3.05) is 13.1 Å². The molecule has 3 aromatic rings. The molecule has 282 valence electrons. The number of nitriles is 1. The van der Waals surface area contributed by atoms with Crippen LogP contribution in [0.3, 0.4) is 0 Å². The van der Waals surface area contributed by atoms with Crippen LogP contribution in [0.25, 0.3) is 0 Å². The number of hydrogen-bond acceptors (Lipinski definition) is 9. The van der Waals surface area contributed by atoms with E-state index in [1.165, 1.54) is 0 Å². The molecular formula is C41H39ClN6O7. The van der Waals surface area contributed by atoms with Crippen molar-refractivity contribution < 1.29 is 33.5 Å². The van der Waals surface area contributed by atoms with E-state index in [2.05, 4.69) is 15.5 Å². The Morgan fingerprint density at radius 2 is 1.49 bits per heavy atom. The standard InChI is InChI=1S/C41H39ClN6O7/c1-40(2)38(41(3,4)39(40)55-27-10-9-23(16-43)30(42)15-27)45-33(50)21-5-7-22(8-6-21)35(52)47-19-26(20-47)46-17-24-13-28-29(14-25(24)18-46)37(54)48(36(28)53)31-11-12-32(49)44-34(31)51/h5-10,13-15,26,31,38-39H,11-12,17-20H2,1-4H3,(H,45,50)(H,44,49,51)/t31?,38-,39-. The quantitative estimate of drug-likeness (QED) is 0.337. The van der Waals surface area contributed by atoms with Crippen LogP contribution in [0.5, 0.6) is 5.75 Å². The van der Waals surface area contributed by atoms with Gasteiger partial charge < -0.3 is 15.0 Å². The van der Waals surface area contributed by atoms with Gasteiger partial charge in [0.15, 0.2) is 0 Å². The largest absolute Gasteiger partial charge is 0.489 e. The van der Waals surface area contributed by atoms with Crippen LogP contribution in [-0.4, -0.2) is 87.5 Å². The molecule has 0 spiro atoms. The summed E-state index contributed by atoms with van der Waals surface area (Å²) in [5, 5.41) is 14.9. The minimum absolute atomic E-state index is 0.0641. The number of benzene rings is 3. The summed E-state index contributed by atoms with van der Waals surface area (Å²) in [4.78, 5) is 82.3. The van der Waals surface area contributed by atoms with Crippen LogP contribution in [0.1, 0.15) is 98.7 Å². The third-order valence-electron chi connectivity index (χ3n) is 12.0. The Morgan fingerprint density at radius 1 is 0.891 bits per heavy atom. The summed E-state index contributed by atoms with van der Waals surface area (Å²) < 4.78 is 6.33. The number of carbonyl (C=O) groups is 6. The zero-order valence-electron chi connectivity index (χ0n) is 30.8. The number of hydrogen-bond donors (Lipinski definition) is 2. The fourth-order valence-corrected chi connectivity index (χ4v) is 9.47. The van der Waals surface area contributed by atoms with E-state index >= 15 is 0 Å². The fraction of sp³-hybridized carbons (Fsp3) is 0.390. The van der Waals surface area contributed by atoms with Gasteiger partial charge in [0.05, 0.1) is 21.7 Å². The number of amides is 6. The Hall–Kier alpha value is -5.58. The van der Waals surface area contributed by atoms with E-state index in [0.717, 1.165) is 16.0 Å². The first-order valence-electron chi connectivity index (χ1n) is 18.3. The van der Waals surface area contributed by atoms with Crippen molar-refractivity contribution in [1.82, 2.24) is 25.3 Å². The molecule has 0 aromatic heterocycles. The van der Waals surface area contributed by atoms with E-state index < -0.39 is 40.5 Å². The van der Waals surface area contributed by atoms with Crippen LogP contribution in [-0.2, 0) is 22.7 Å². The molecule has 6 amide bonds. The summed E-state index contributed by atoms with van der Waals surface area (Å²) in [6, 6.07) is 16.0. The fourth-order valence-electron chi connectivity index (χ4n) is 9.26. The highest BCUT2D eigenvalue weighted by molar-refractivity contribution is 6.31. The van der Waals surface area contributed by atoms with Gasteiger partial charge in [-0.25, -0.2) is 0 Å². The SMILES string of the molecule is CC1(C)[C@H](NC(=O)c2ccc(C(=O)N3CC(N4Cc5cc6c(cc5C4)C(=O)N(C4CCC(=O)NC4=O)C6=O)C3)cc2)C(C)(C)[C@H]1Oc1ccc(C#N)c(Cl)c1. The van der Waals surface area contributed by atoms with E-state index in [0.29, 0.717) is 53.6 Å². The van der Waals surface area contributed by atoms with Gasteiger partial charge in [0.25, 0.3) is 23.6 Å². The Balaban J connectivity index is 0.846. The number of fused-ring (bicyclic) bond motifs is 2. The van der Waals surface area contributed by atoms with Crippen LogP contribution in [0.4, 0.5) is 0 Å². The molecule has 1 saturated carbocycles. The Bertz CT molecular complexity index is 2200. The maximum Gasteiger partial charge on any atom is 0.262 e. The number of imide groups is 2. The van der Waals surface area contributed by atoms with Gasteiger partial charge >= 0.3 is 0 Å². The van der Waals surface area contributed by atoms with Gasteiger partial charge in [-0.05, 0) is 66.1 Å². The Labute approximate surface area is 322 Å². The van der Waals surface area contributed by atoms with Crippen LogP contribution in [0, 0.1) is 22.2 Å². The van der Waals surface area contributed by atoms with Gasteiger partial charge in [-0.2, -0.15) is 5.26 Å². The number of rotatable bonds is 7. The number of halogens is 1. The van der Waals surface area contributed by atoms with Crippen molar-refractivity contribution in [3.8, 4) is 11.8 Å². The second-order valence-electron chi connectivity index (χ2n) is 16.3. The lowest BCUT2D eigenvalue weighted by Crippen LogP contribution is -2.74. The van der Waals surface area contributed by atoms with E-state index in [1.54, 1.807) is 59.5 Å². The van der Waals surface area contributed by atoms with Crippen LogP contribution < -0.4 is 15.4 Å². The maximum absolute atomic E-state index is 13.4. The van der Waals surface area contributed by atoms with E-state index in [-0.39, 0.29) is 54.0 Å². The van der Waals surface area contributed by atoms with Gasteiger partial charge in [0.2, 0.25) is 11.8 Å². The predicted octanol–water partition coefficient (Wildman–Crippen LogP) is 4.07. The lowest BCUT2D eigenvalue weighted by atomic mass is 9.49. The van der Waals surface area contributed by atoms with Crippen molar-refractivity contribution in [1.29, 1.82) is 5.26 Å². The van der Waals surface area contributed by atoms with Gasteiger partial charge in [0, 0.05) is 72.7 Å². The summed E-state index contributed by atoms with van der Waals surface area (Å²) in [6.07, 6.45) is -0.0697. The van der Waals surface area contributed by atoms with Crippen LogP contribution in [0.2, 0.25) is 5.02 Å². The highest BCUT2D eigenvalue weighted by atomic mass is 35.5. The average molecular weight is 763 g/mol. The molecule has 13 nitrogen and oxygen atoms in total. The first kappa shape index (κ1) is 36.4. The molecule has 1 unspecified atom stereocenters. The molecule has 2 saturated heterocycles. The normalized spacial score (nSPS) is 24.0. The minimum Gasteiger partial charge on any atom is -0.489 e. The van der Waals surface area contributed by atoms with Gasteiger partial charge in [-0.3, -0.25) is 43.9 Å². The van der Waals surface area contributed by atoms with Gasteiger partial charge in [0.1, 0.15) is 24.0 Å². The lowest BCUT2D eigenvalue weighted by Gasteiger charge is -2.63. The molecule has 0 bridgehead atoms. The molecule has 55 heavy (non-hydrogen) atoms. The lowest BCUT2D eigenvalue weighted by molar-refractivity contribution is -0.164. The molecule has 8 rings (SSSR count). The number of likely N-dealkylation sites (tertiary alicyclic amines) is 1. The maximum atomic E-state index is 13.4. The summed E-state index contributed by atoms with van der Waals surface area (Å²) in [7, 11) is 0. The average Bonchev–Trinajstić information content (AvgIpc) is 3.64. The van der Waals surface area contributed by atoms with Gasteiger partial charge in [-0.1, -0.05) is 39.3 Å². The zero-order chi connectivity index (χ0) is 39.1. The second-order valence-corrected chi connectivity index (χ2v) is 16.7. The molecule has 3 fully saturated rings. The molecule has 2 N–H and O–H groups in total. The summed E-state index contributed by atoms with van der Waals surface area (Å²) in [5.41, 5.74) is 2.83. The van der Waals surface area contributed by atoms with Gasteiger partial charge in [-0.15, -0.1) is 0 Å². The topological polar surface area (TPSA) is 169 Å². The van der Waals surface area contributed by atoms with E-state index in [9.17, 15) is 34.0 Å². The van der Waals surface area contributed by atoms with Crippen molar-refractivity contribution >= 4 is 47.0 Å². The molecule has 1 atom stereocenters. The molecular weight excluding hydrogens is 724 g/mol. The number of ether oxygens (including phenoxy) is 1. The molecule has 4 heterocycles. The number of carbonyl (C=O) groups excluding carboxylic acids is 6. The molecule has 4 aliphatic heterocycles. The number of piperidine rings is 1. The molecule has 14 heteroatoms. The Morgan fingerprint density at radius 3 is 2.05 bits per heavy atom. The van der Waals surface area contributed by atoms with Crippen molar-refractivity contribution in [3.63, 3.8) is 0 Å². The third kappa shape index (κ3) is 5.95. The van der Waals surface area contributed by atoms with Crippen LogP contribution >= 0.6 is 11.6 Å². The smallest absolute Gasteiger partial charge is 0.262 e.